The lowest BCUT2D eigenvalue weighted by Gasteiger charge is -2.14. The number of amides is 1. The second-order valence-corrected chi connectivity index (χ2v) is 7.40. The third-order valence-corrected chi connectivity index (χ3v) is 4.13. The van der Waals surface area contributed by atoms with Gasteiger partial charge in [0.1, 0.15) is 5.52 Å². The molecular formula is C19H19BrFN5O. The third-order valence-electron chi connectivity index (χ3n) is 3.67. The first-order valence-corrected chi connectivity index (χ1v) is 9.04. The minimum Gasteiger partial charge on any atom is -0.326 e. The van der Waals surface area contributed by atoms with E-state index in [1.165, 1.54) is 13.0 Å². The third kappa shape index (κ3) is 4.99. The number of rotatable bonds is 5. The number of hydrogen-bond acceptors (Lipinski definition) is 5. The summed E-state index contributed by atoms with van der Waals surface area (Å²) in [5.74, 6) is -0.304. The smallest absolute Gasteiger partial charge is 0.227 e. The summed E-state index contributed by atoms with van der Waals surface area (Å²) >= 11 is 3.26. The van der Waals surface area contributed by atoms with Crippen LogP contribution in [0.25, 0.3) is 10.9 Å². The maximum absolute atomic E-state index is 14.2. The van der Waals surface area contributed by atoms with Crippen LogP contribution in [-0.2, 0) is 11.3 Å². The molecule has 0 fully saturated rings. The van der Waals surface area contributed by atoms with Gasteiger partial charge in [-0.25, -0.2) is 14.4 Å². The summed E-state index contributed by atoms with van der Waals surface area (Å²) < 4.78 is 14.8. The van der Waals surface area contributed by atoms with Crippen molar-refractivity contribution in [3.05, 3.63) is 52.4 Å². The highest BCUT2D eigenvalue weighted by Gasteiger charge is 2.09. The highest BCUT2D eigenvalue weighted by atomic mass is 79.9. The molecule has 3 rings (SSSR count). The fraction of sp³-hybridized carbons (Fsp3) is 0.211. The molecule has 0 aliphatic heterocycles. The van der Waals surface area contributed by atoms with Crippen LogP contribution in [0.15, 0.2) is 41.0 Å². The summed E-state index contributed by atoms with van der Waals surface area (Å²) in [6.45, 7) is 2.16. The number of nitrogens with one attached hydrogen (secondary N) is 2. The number of fused-ring (bicyclic) bond motifs is 1. The van der Waals surface area contributed by atoms with E-state index in [4.69, 9.17) is 0 Å². The number of carbonyl (C=O) groups excluding carboxylic acids is 1. The van der Waals surface area contributed by atoms with Crippen LogP contribution in [0.5, 0.6) is 0 Å². The van der Waals surface area contributed by atoms with Crippen molar-refractivity contribution >= 4 is 50.1 Å². The highest BCUT2D eigenvalue weighted by molar-refractivity contribution is 9.10. The summed E-state index contributed by atoms with van der Waals surface area (Å²) in [6, 6.07) is 8.76. The number of hydrogen-bond donors (Lipinski definition) is 2. The monoisotopic (exact) mass is 431 g/mol. The molecule has 0 saturated heterocycles. The number of aromatic nitrogens is 2. The predicted molar refractivity (Wildman–Crippen MR) is 109 cm³/mol. The van der Waals surface area contributed by atoms with Crippen LogP contribution >= 0.6 is 15.9 Å². The van der Waals surface area contributed by atoms with Crippen LogP contribution in [0.3, 0.4) is 0 Å². The highest BCUT2D eigenvalue weighted by Crippen LogP contribution is 2.25. The zero-order valence-electron chi connectivity index (χ0n) is 15.2. The van der Waals surface area contributed by atoms with Gasteiger partial charge in [-0.2, -0.15) is 0 Å². The molecule has 0 spiro atoms. The van der Waals surface area contributed by atoms with Crippen molar-refractivity contribution in [2.45, 2.75) is 13.5 Å². The Morgan fingerprint density at radius 2 is 1.93 bits per heavy atom. The number of nitrogens with zero attached hydrogens (tertiary/aromatic N) is 3. The van der Waals surface area contributed by atoms with Gasteiger partial charge >= 0.3 is 0 Å². The molecule has 8 heteroatoms. The molecule has 0 radical (unpaired) electrons. The van der Waals surface area contributed by atoms with Gasteiger partial charge in [-0.3, -0.25) is 4.79 Å². The Kier molecular flexibility index (Phi) is 5.67. The lowest BCUT2D eigenvalue weighted by atomic mass is 10.1. The van der Waals surface area contributed by atoms with Crippen LogP contribution in [-0.4, -0.2) is 34.9 Å². The van der Waals surface area contributed by atoms with Crippen LogP contribution in [0.1, 0.15) is 12.5 Å². The molecule has 0 unspecified atom stereocenters. The van der Waals surface area contributed by atoms with Gasteiger partial charge in [-0.15, -0.1) is 0 Å². The average molecular weight is 432 g/mol. The molecule has 0 bridgehead atoms. The predicted octanol–water partition coefficient (Wildman–Crippen LogP) is 4.30. The molecule has 1 aromatic heterocycles. The Labute approximate surface area is 164 Å². The minimum atomic E-state index is -0.426. The summed E-state index contributed by atoms with van der Waals surface area (Å²) in [5, 5.41) is 6.49. The fourth-order valence-corrected chi connectivity index (χ4v) is 3.20. The summed E-state index contributed by atoms with van der Waals surface area (Å²) in [5.41, 5.74) is 2.61. The lowest BCUT2D eigenvalue weighted by molar-refractivity contribution is -0.114. The van der Waals surface area contributed by atoms with Gasteiger partial charge < -0.3 is 15.5 Å². The first-order valence-electron chi connectivity index (χ1n) is 8.25. The van der Waals surface area contributed by atoms with Gasteiger partial charge in [0.15, 0.2) is 5.82 Å². The van der Waals surface area contributed by atoms with Gasteiger partial charge in [0, 0.05) is 40.9 Å². The van der Waals surface area contributed by atoms with Crippen molar-refractivity contribution in [3.63, 3.8) is 0 Å². The van der Waals surface area contributed by atoms with Gasteiger partial charge in [0.05, 0.1) is 0 Å². The largest absolute Gasteiger partial charge is 0.326 e. The minimum absolute atomic E-state index is 0.155. The molecule has 6 nitrogen and oxygen atoms in total. The Bertz CT molecular complexity index is 1010. The van der Waals surface area contributed by atoms with Crippen LogP contribution in [0.2, 0.25) is 0 Å². The van der Waals surface area contributed by atoms with Crippen LogP contribution < -0.4 is 10.6 Å². The Morgan fingerprint density at radius 1 is 1.19 bits per heavy atom. The van der Waals surface area contributed by atoms with Crippen molar-refractivity contribution in [3.8, 4) is 0 Å². The molecule has 27 heavy (non-hydrogen) atoms. The first-order chi connectivity index (χ1) is 12.8. The lowest BCUT2D eigenvalue weighted by Crippen LogP contribution is -2.12. The van der Waals surface area contributed by atoms with E-state index < -0.39 is 5.82 Å². The molecular weight excluding hydrogens is 413 g/mol. The van der Waals surface area contributed by atoms with E-state index in [1.807, 2.05) is 31.1 Å². The summed E-state index contributed by atoms with van der Waals surface area (Å²) in [4.78, 5) is 22.0. The molecule has 2 N–H and O–H groups in total. The second kappa shape index (κ2) is 7.98. The number of halogens is 2. The van der Waals surface area contributed by atoms with Crippen molar-refractivity contribution in [1.82, 2.24) is 14.9 Å². The molecule has 0 saturated carbocycles. The molecule has 3 aromatic rings. The van der Waals surface area contributed by atoms with Gasteiger partial charge in [-0.05, 0) is 50.0 Å². The van der Waals surface area contributed by atoms with E-state index in [2.05, 4.69) is 36.5 Å². The van der Waals surface area contributed by atoms with Gasteiger partial charge in [-0.1, -0.05) is 15.9 Å². The number of anilines is 3. The SMILES string of the molecule is CC(=O)Nc1cc(CN(C)C)cc(Nc2ncc3cc(Br)cc(F)c3n2)c1. The maximum atomic E-state index is 14.2. The standard InChI is InChI=1S/C19H19BrFN5O/c1-11(27)23-15-4-12(10-26(2)3)5-16(8-15)24-19-22-9-13-6-14(20)7-17(21)18(13)25-19/h4-9H,10H2,1-3H3,(H,23,27)(H,22,24,25). The number of carbonyl (C=O) groups is 1. The zero-order chi connectivity index (χ0) is 19.6. The molecule has 0 aliphatic carbocycles. The van der Waals surface area contributed by atoms with Gasteiger partial charge in [0.2, 0.25) is 11.9 Å². The Hall–Kier alpha value is -2.58. The van der Waals surface area contributed by atoms with E-state index in [-0.39, 0.29) is 17.4 Å². The van der Waals surface area contributed by atoms with Crippen molar-refractivity contribution in [1.29, 1.82) is 0 Å². The maximum Gasteiger partial charge on any atom is 0.227 e. The van der Waals surface area contributed by atoms with Crippen molar-refractivity contribution in [2.24, 2.45) is 0 Å². The molecule has 1 amide bonds. The molecule has 0 aliphatic rings. The van der Waals surface area contributed by atoms with Crippen LogP contribution in [0.4, 0.5) is 21.7 Å². The molecule has 2 aromatic carbocycles. The van der Waals surface area contributed by atoms with Crippen molar-refractivity contribution in [2.75, 3.05) is 24.7 Å². The average Bonchev–Trinajstić information content (AvgIpc) is 2.54. The first kappa shape index (κ1) is 19.2. The summed E-state index contributed by atoms with van der Waals surface area (Å²) in [6.07, 6.45) is 1.57. The number of benzene rings is 2. The van der Waals surface area contributed by atoms with E-state index in [9.17, 15) is 9.18 Å². The zero-order valence-corrected chi connectivity index (χ0v) is 16.8. The second-order valence-electron chi connectivity index (χ2n) is 6.48. The molecule has 1 heterocycles. The van der Waals surface area contributed by atoms with E-state index in [0.29, 0.717) is 27.8 Å². The summed E-state index contributed by atoms with van der Waals surface area (Å²) in [7, 11) is 3.93. The van der Waals surface area contributed by atoms with Crippen LogP contribution in [0, 0.1) is 5.82 Å². The fourth-order valence-electron chi connectivity index (χ4n) is 2.75. The quantitative estimate of drug-likeness (QED) is 0.630. The van der Waals surface area contributed by atoms with E-state index in [0.717, 1.165) is 5.56 Å². The Morgan fingerprint density at radius 3 is 2.63 bits per heavy atom. The normalized spacial score (nSPS) is 11.0. The molecule has 0 atom stereocenters. The Balaban J connectivity index is 1.96. The van der Waals surface area contributed by atoms with Gasteiger partial charge in [0.25, 0.3) is 0 Å². The topological polar surface area (TPSA) is 70.2 Å². The van der Waals surface area contributed by atoms with Crippen molar-refractivity contribution < 1.29 is 9.18 Å². The van der Waals surface area contributed by atoms with E-state index >= 15 is 0 Å². The van der Waals surface area contributed by atoms with E-state index in [1.54, 1.807) is 18.3 Å². The molecule has 140 valence electrons.